The normalized spacial score (nSPS) is 13.6. The second-order valence-corrected chi connectivity index (χ2v) is 3.88. The van der Waals surface area contributed by atoms with Crippen LogP contribution in [-0.4, -0.2) is 17.1 Å². The van der Waals surface area contributed by atoms with Gasteiger partial charge in [0.15, 0.2) is 11.9 Å². The molecule has 0 aliphatic rings. The second kappa shape index (κ2) is 5.61. The largest absolute Gasteiger partial charge is 0.481 e. The topological polar surface area (TPSA) is 67.8 Å². The Morgan fingerprint density at radius 2 is 2.31 bits per heavy atom. The fourth-order valence-electron chi connectivity index (χ4n) is 1.27. The summed E-state index contributed by atoms with van der Waals surface area (Å²) < 4.78 is 5.58. The van der Waals surface area contributed by atoms with Crippen molar-refractivity contribution in [1.82, 2.24) is 0 Å². The molecular formula is C11H15ClN2O2. The van der Waals surface area contributed by atoms with Crippen molar-refractivity contribution in [2.45, 2.75) is 26.4 Å². The Morgan fingerprint density at radius 3 is 2.88 bits per heavy atom. The minimum atomic E-state index is -0.468. The van der Waals surface area contributed by atoms with Gasteiger partial charge in [-0.2, -0.15) is 0 Å². The number of ether oxygens (including phenoxy) is 1. The average Bonchev–Trinajstić information content (AvgIpc) is 2.29. The van der Waals surface area contributed by atoms with Crippen LogP contribution in [0.2, 0.25) is 5.02 Å². The van der Waals surface area contributed by atoms with Gasteiger partial charge in [-0.25, -0.2) is 0 Å². The molecule has 1 atom stereocenters. The lowest BCUT2D eigenvalue weighted by Crippen LogP contribution is -2.33. The lowest BCUT2D eigenvalue weighted by molar-refractivity contribution is 0.246. The average molecular weight is 243 g/mol. The predicted molar refractivity (Wildman–Crippen MR) is 64.3 cm³/mol. The van der Waals surface area contributed by atoms with Crippen molar-refractivity contribution in [3.8, 4) is 5.75 Å². The van der Waals surface area contributed by atoms with Crippen molar-refractivity contribution in [1.29, 1.82) is 0 Å². The molecule has 1 unspecified atom stereocenters. The molecule has 0 aromatic heterocycles. The molecule has 0 radical (unpaired) electrons. The summed E-state index contributed by atoms with van der Waals surface area (Å²) in [4.78, 5) is 0. The molecule has 16 heavy (non-hydrogen) atoms. The van der Waals surface area contributed by atoms with Gasteiger partial charge in [-0.1, -0.05) is 29.7 Å². The SMILES string of the molecule is CCC(Oc1cc(C)ccc1Cl)C(N)=NO. The highest BCUT2D eigenvalue weighted by Gasteiger charge is 2.15. The fraction of sp³-hybridized carbons (Fsp3) is 0.364. The van der Waals surface area contributed by atoms with Crippen molar-refractivity contribution < 1.29 is 9.94 Å². The summed E-state index contributed by atoms with van der Waals surface area (Å²) in [7, 11) is 0. The van der Waals surface area contributed by atoms with E-state index in [4.69, 9.17) is 27.3 Å². The second-order valence-electron chi connectivity index (χ2n) is 3.47. The highest BCUT2D eigenvalue weighted by atomic mass is 35.5. The van der Waals surface area contributed by atoms with E-state index in [-0.39, 0.29) is 5.84 Å². The van der Waals surface area contributed by atoms with Crippen LogP contribution in [0.3, 0.4) is 0 Å². The van der Waals surface area contributed by atoms with Crippen molar-refractivity contribution in [3.63, 3.8) is 0 Å². The summed E-state index contributed by atoms with van der Waals surface area (Å²) in [5.41, 5.74) is 6.53. The van der Waals surface area contributed by atoms with E-state index < -0.39 is 6.10 Å². The highest BCUT2D eigenvalue weighted by molar-refractivity contribution is 6.32. The van der Waals surface area contributed by atoms with E-state index in [2.05, 4.69) is 5.16 Å². The van der Waals surface area contributed by atoms with E-state index in [1.165, 1.54) is 0 Å². The number of aryl methyl sites for hydroxylation is 1. The maximum atomic E-state index is 8.59. The van der Waals surface area contributed by atoms with Crippen molar-refractivity contribution in [2.24, 2.45) is 10.9 Å². The van der Waals surface area contributed by atoms with Gasteiger partial charge in [0.05, 0.1) is 5.02 Å². The number of benzene rings is 1. The Labute approximate surface area is 99.7 Å². The lowest BCUT2D eigenvalue weighted by Gasteiger charge is -2.17. The van der Waals surface area contributed by atoms with E-state index in [1.54, 1.807) is 6.07 Å². The molecular weight excluding hydrogens is 228 g/mol. The number of hydrogen-bond acceptors (Lipinski definition) is 3. The zero-order chi connectivity index (χ0) is 12.1. The predicted octanol–water partition coefficient (Wildman–Crippen LogP) is 2.55. The Morgan fingerprint density at radius 1 is 1.62 bits per heavy atom. The smallest absolute Gasteiger partial charge is 0.180 e. The molecule has 0 spiro atoms. The highest BCUT2D eigenvalue weighted by Crippen LogP contribution is 2.26. The third kappa shape index (κ3) is 3.03. The van der Waals surface area contributed by atoms with E-state index >= 15 is 0 Å². The van der Waals surface area contributed by atoms with Crippen LogP contribution in [0.4, 0.5) is 0 Å². The van der Waals surface area contributed by atoms with Crippen LogP contribution in [0.5, 0.6) is 5.75 Å². The number of hydrogen-bond donors (Lipinski definition) is 2. The molecule has 0 aliphatic carbocycles. The molecule has 0 bridgehead atoms. The summed E-state index contributed by atoms with van der Waals surface area (Å²) in [5.74, 6) is 0.584. The van der Waals surface area contributed by atoms with Crippen LogP contribution in [0, 0.1) is 6.92 Å². The van der Waals surface area contributed by atoms with Crippen LogP contribution in [-0.2, 0) is 0 Å². The molecule has 1 rings (SSSR count). The van der Waals surface area contributed by atoms with Gasteiger partial charge in [-0.15, -0.1) is 0 Å². The van der Waals surface area contributed by atoms with Gasteiger partial charge in [0.1, 0.15) is 5.75 Å². The van der Waals surface area contributed by atoms with Crippen molar-refractivity contribution in [2.75, 3.05) is 0 Å². The molecule has 0 amide bonds. The third-order valence-corrected chi connectivity index (χ3v) is 2.48. The maximum Gasteiger partial charge on any atom is 0.180 e. The van der Waals surface area contributed by atoms with Gasteiger partial charge < -0.3 is 15.7 Å². The van der Waals surface area contributed by atoms with Crippen LogP contribution < -0.4 is 10.5 Å². The van der Waals surface area contributed by atoms with E-state index in [9.17, 15) is 0 Å². The van der Waals surface area contributed by atoms with Gasteiger partial charge >= 0.3 is 0 Å². The number of nitrogens with two attached hydrogens (primary N) is 1. The minimum Gasteiger partial charge on any atom is -0.481 e. The van der Waals surface area contributed by atoms with Crippen LogP contribution in [0.15, 0.2) is 23.4 Å². The molecule has 0 fully saturated rings. The van der Waals surface area contributed by atoms with Crippen LogP contribution in [0.25, 0.3) is 0 Å². The Bertz CT molecular complexity index is 394. The molecule has 5 heteroatoms. The van der Waals surface area contributed by atoms with E-state index in [0.717, 1.165) is 5.56 Å². The van der Waals surface area contributed by atoms with E-state index in [0.29, 0.717) is 17.2 Å². The van der Waals surface area contributed by atoms with Gasteiger partial charge in [-0.3, -0.25) is 0 Å². The van der Waals surface area contributed by atoms with Crippen LogP contribution >= 0.6 is 11.6 Å². The summed E-state index contributed by atoms with van der Waals surface area (Å²) in [6, 6.07) is 5.46. The Kier molecular flexibility index (Phi) is 4.43. The molecule has 88 valence electrons. The quantitative estimate of drug-likeness (QED) is 0.369. The van der Waals surface area contributed by atoms with E-state index in [1.807, 2.05) is 26.0 Å². The van der Waals surface area contributed by atoms with Crippen molar-refractivity contribution in [3.05, 3.63) is 28.8 Å². The molecule has 1 aromatic carbocycles. The molecule has 0 saturated carbocycles. The summed E-state index contributed by atoms with van der Waals surface area (Å²) in [5, 5.41) is 12.0. The lowest BCUT2D eigenvalue weighted by atomic mass is 10.2. The molecule has 0 aliphatic heterocycles. The van der Waals surface area contributed by atoms with Gasteiger partial charge in [-0.05, 0) is 31.0 Å². The first kappa shape index (κ1) is 12.6. The van der Waals surface area contributed by atoms with Crippen molar-refractivity contribution >= 4 is 17.4 Å². The molecule has 1 aromatic rings. The number of amidine groups is 1. The fourth-order valence-corrected chi connectivity index (χ4v) is 1.43. The summed E-state index contributed by atoms with van der Waals surface area (Å²) in [6.45, 7) is 3.82. The van der Waals surface area contributed by atoms with Crippen LogP contribution in [0.1, 0.15) is 18.9 Å². The number of halogens is 1. The molecule has 3 N–H and O–H groups in total. The third-order valence-electron chi connectivity index (χ3n) is 2.17. The number of oxime groups is 1. The molecule has 0 heterocycles. The Balaban J connectivity index is 2.89. The van der Waals surface area contributed by atoms with Gasteiger partial charge in [0.2, 0.25) is 0 Å². The zero-order valence-electron chi connectivity index (χ0n) is 9.27. The molecule has 4 nitrogen and oxygen atoms in total. The Hall–Kier alpha value is -1.42. The zero-order valence-corrected chi connectivity index (χ0v) is 10.0. The minimum absolute atomic E-state index is 0.0417. The summed E-state index contributed by atoms with van der Waals surface area (Å²) in [6.07, 6.45) is 0.129. The number of rotatable bonds is 4. The summed E-state index contributed by atoms with van der Waals surface area (Å²) >= 11 is 5.98. The first-order chi connectivity index (χ1) is 7.58. The first-order valence-electron chi connectivity index (χ1n) is 4.98. The van der Waals surface area contributed by atoms with Gasteiger partial charge in [0, 0.05) is 0 Å². The molecule has 0 saturated heterocycles. The monoisotopic (exact) mass is 242 g/mol. The first-order valence-corrected chi connectivity index (χ1v) is 5.36. The maximum absolute atomic E-state index is 8.59. The standard InChI is InChI=1S/C11H15ClN2O2/c1-3-9(11(13)14-15)16-10-6-7(2)4-5-8(10)12/h4-6,9,15H,3H2,1-2H3,(H2,13,14). The van der Waals surface area contributed by atoms with Gasteiger partial charge in [0.25, 0.3) is 0 Å². The number of nitrogens with zero attached hydrogens (tertiary/aromatic N) is 1.